The molecule has 0 saturated carbocycles. The fraction of sp³-hybridized carbons (Fsp3) is 0.211. The zero-order valence-corrected chi connectivity index (χ0v) is 15.9. The second-order valence-electron chi connectivity index (χ2n) is 5.34. The minimum Gasteiger partial charge on any atom is -0.440 e. The van der Waals surface area contributed by atoms with E-state index in [1.807, 2.05) is 31.2 Å². The van der Waals surface area contributed by atoms with Crippen molar-refractivity contribution in [1.29, 1.82) is 0 Å². The summed E-state index contributed by atoms with van der Waals surface area (Å²) < 4.78 is 45.9. The number of halogens is 4. The molecule has 0 spiro atoms. The van der Waals surface area contributed by atoms with Gasteiger partial charge in [-0.3, -0.25) is 0 Å². The number of aryl methyl sites for hydroxylation is 1. The van der Waals surface area contributed by atoms with Gasteiger partial charge in [-0.05, 0) is 44.2 Å². The van der Waals surface area contributed by atoms with Gasteiger partial charge >= 0.3 is 6.18 Å². The van der Waals surface area contributed by atoms with Gasteiger partial charge < -0.3 is 4.74 Å². The molecule has 7 heteroatoms. The normalized spacial score (nSPS) is 12.6. The van der Waals surface area contributed by atoms with Crippen molar-refractivity contribution in [2.45, 2.75) is 26.6 Å². The maximum absolute atomic E-state index is 12.5. The van der Waals surface area contributed by atoms with Crippen LogP contribution in [0.25, 0.3) is 11.3 Å². The van der Waals surface area contributed by atoms with Crippen LogP contribution in [-0.2, 0) is 6.54 Å². The lowest BCUT2D eigenvalue weighted by molar-refractivity contribution is -0.0878. The van der Waals surface area contributed by atoms with Crippen LogP contribution < -0.4 is 4.74 Å². The molecule has 138 valence electrons. The summed E-state index contributed by atoms with van der Waals surface area (Å²) in [6.07, 6.45) is -0.765. The fourth-order valence-electron chi connectivity index (χ4n) is 2.08. The highest BCUT2D eigenvalue weighted by Crippen LogP contribution is 2.28. The lowest BCUT2D eigenvalue weighted by atomic mass is 10.2. The van der Waals surface area contributed by atoms with E-state index in [4.69, 9.17) is 4.74 Å². The summed E-state index contributed by atoms with van der Waals surface area (Å²) in [6, 6.07) is 9.40. The van der Waals surface area contributed by atoms with Gasteiger partial charge in [0.05, 0.1) is 5.69 Å². The van der Waals surface area contributed by atoms with Crippen LogP contribution in [0.5, 0.6) is 5.88 Å². The van der Waals surface area contributed by atoms with Crippen molar-refractivity contribution >= 4 is 15.9 Å². The molecule has 2 aromatic rings. The average molecular weight is 427 g/mol. The van der Waals surface area contributed by atoms with Crippen LogP contribution in [0, 0.1) is 0 Å². The van der Waals surface area contributed by atoms with Crippen LogP contribution in [0.1, 0.15) is 13.8 Å². The second-order valence-corrected chi connectivity index (χ2v) is 6.26. The number of hydrogen-bond donors (Lipinski definition) is 0. The molecule has 1 heterocycles. The maximum Gasteiger partial charge on any atom is 0.415 e. The largest absolute Gasteiger partial charge is 0.440 e. The average Bonchev–Trinajstić information content (AvgIpc) is 3.00. The van der Waals surface area contributed by atoms with Crippen molar-refractivity contribution in [2.24, 2.45) is 0 Å². The van der Waals surface area contributed by atoms with E-state index in [2.05, 4.69) is 27.6 Å². The first kappa shape index (κ1) is 20.0. The third-order valence-corrected chi connectivity index (χ3v) is 3.98. The number of ether oxygens (including phenoxy) is 1. The number of allylic oxidation sites excluding steroid dienone is 4. The van der Waals surface area contributed by atoms with Gasteiger partial charge in [0.25, 0.3) is 0 Å². The number of hydrogen-bond acceptors (Lipinski definition) is 2. The minimum absolute atomic E-state index is 0.269. The second kappa shape index (κ2) is 8.40. The van der Waals surface area contributed by atoms with Gasteiger partial charge in [-0.25, -0.2) is 4.68 Å². The molecular formula is C19H18BrF3N2O. The Hall–Kier alpha value is -2.28. The lowest BCUT2D eigenvalue weighted by Gasteiger charge is -2.08. The predicted octanol–water partition coefficient (Wildman–Crippen LogP) is 6.29. The zero-order valence-electron chi connectivity index (χ0n) is 14.3. The topological polar surface area (TPSA) is 27.1 Å². The summed E-state index contributed by atoms with van der Waals surface area (Å²) in [5, 5.41) is 4.48. The highest BCUT2D eigenvalue weighted by atomic mass is 79.9. The smallest absolute Gasteiger partial charge is 0.415 e. The van der Waals surface area contributed by atoms with Gasteiger partial charge in [0.15, 0.2) is 0 Å². The quantitative estimate of drug-likeness (QED) is 0.400. The molecule has 26 heavy (non-hydrogen) atoms. The summed E-state index contributed by atoms with van der Waals surface area (Å²) in [5.41, 5.74) is 0.668. The van der Waals surface area contributed by atoms with Crippen molar-refractivity contribution in [1.82, 2.24) is 9.78 Å². The van der Waals surface area contributed by atoms with Crippen LogP contribution >= 0.6 is 15.9 Å². The van der Waals surface area contributed by atoms with E-state index in [9.17, 15) is 13.2 Å². The van der Waals surface area contributed by atoms with Crippen molar-refractivity contribution < 1.29 is 17.9 Å². The van der Waals surface area contributed by atoms with Crippen molar-refractivity contribution in [2.75, 3.05) is 0 Å². The van der Waals surface area contributed by atoms with Crippen LogP contribution in [0.3, 0.4) is 0 Å². The molecule has 0 radical (unpaired) electrons. The van der Waals surface area contributed by atoms with Gasteiger partial charge in [-0.15, -0.1) is 0 Å². The molecule has 0 aliphatic rings. The Labute approximate surface area is 158 Å². The number of nitrogens with zero attached hydrogens (tertiary/aromatic N) is 2. The molecule has 3 nitrogen and oxygen atoms in total. The SMILES string of the molecule is C=C(/C=C\C(=C/C)Oc1cc(-c2cccc(Br)c2)nn1CC)C(F)(F)F. The molecule has 0 unspecified atom stereocenters. The Balaban J connectivity index is 2.25. The first-order valence-electron chi connectivity index (χ1n) is 7.86. The highest BCUT2D eigenvalue weighted by molar-refractivity contribution is 9.10. The molecule has 2 rings (SSSR count). The van der Waals surface area contributed by atoms with E-state index in [-0.39, 0.29) is 5.76 Å². The van der Waals surface area contributed by atoms with E-state index in [1.54, 1.807) is 23.7 Å². The third kappa shape index (κ3) is 5.11. The van der Waals surface area contributed by atoms with E-state index >= 15 is 0 Å². The molecule has 0 amide bonds. The summed E-state index contributed by atoms with van der Waals surface area (Å²) >= 11 is 3.42. The van der Waals surface area contributed by atoms with Crippen molar-refractivity contribution in [3.05, 3.63) is 70.9 Å². The molecule has 0 aliphatic carbocycles. The van der Waals surface area contributed by atoms with Gasteiger partial charge in [0.1, 0.15) is 5.76 Å². The summed E-state index contributed by atoms with van der Waals surface area (Å²) in [4.78, 5) is 0. The maximum atomic E-state index is 12.5. The Morgan fingerprint density at radius 3 is 2.62 bits per heavy atom. The molecule has 0 atom stereocenters. The monoisotopic (exact) mass is 426 g/mol. The third-order valence-electron chi connectivity index (χ3n) is 3.48. The molecule has 0 bridgehead atoms. The molecule has 1 aromatic carbocycles. The van der Waals surface area contributed by atoms with Crippen molar-refractivity contribution in [3.8, 4) is 17.1 Å². The van der Waals surface area contributed by atoms with E-state index in [0.717, 1.165) is 16.1 Å². The standard InChI is InChI=1S/C19H18BrF3N2O/c1-4-16(10-9-13(3)19(21,22)23)26-18-12-17(24-25(18)5-2)14-7-6-8-15(20)11-14/h4,6-12H,3,5H2,1-2H3/b10-9-,16-4+. The minimum atomic E-state index is -4.46. The first-order chi connectivity index (χ1) is 12.2. The van der Waals surface area contributed by atoms with Crippen LogP contribution in [0.15, 0.2) is 70.9 Å². The summed E-state index contributed by atoms with van der Waals surface area (Å²) in [6.45, 7) is 7.15. The molecule has 0 N–H and O–H groups in total. The first-order valence-corrected chi connectivity index (χ1v) is 8.66. The Kier molecular flexibility index (Phi) is 6.47. The summed E-state index contributed by atoms with van der Waals surface area (Å²) in [5.74, 6) is 0.712. The fourth-order valence-corrected chi connectivity index (χ4v) is 2.48. The molecule has 0 aliphatic heterocycles. The number of rotatable bonds is 6. The van der Waals surface area contributed by atoms with Crippen molar-refractivity contribution in [3.63, 3.8) is 0 Å². The Morgan fingerprint density at radius 1 is 1.31 bits per heavy atom. The van der Waals surface area contributed by atoms with Crippen LogP contribution in [0.2, 0.25) is 0 Å². The van der Waals surface area contributed by atoms with E-state index in [0.29, 0.717) is 18.1 Å². The highest BCUT2D eigenvalue weighted by Gasteiger charge is 2.29. The van der Waals surface area contributed by atoms with Crippen LogP contribution in [-0.4, -0.2) is 16.0 Å². The van der Waals surface area contributed by atoms with Gasteiger partial charge in [0.2, 0.25) is 5.88 Å². The van der Waals surface area contributed by atoms with Gasteiger partial charge in [-0.2, -0.15) is 18.3 Å². The molecule has 1 aromatic heterocycles. The summed E-state index contributed by atoms with van der Waals surface area (Å²) in [7, 11) is 0. The zero-order chi connectivity index (χ0) is 19.3. The molecule has 0 saturated heterocycles. The van der Waals surface area contributed by atoms with Gasteiger partial charge in [-0.1, -0.05) is 34.6 Å². The van der Waals surface area contributed by atoms with E-state index in [1.165, 1.54) is 6.08 Å². The predicted molar refractivity (Wildman–Crippen MR) is 99.8 cm³/mol. The lowest BCUT2D eigenvalue weighted by Crippen LogP contribution is -2.08. The van der Waals surface area contributed by atoms with Crippen LogP contribution in [0.4, 0.5) is 13.2 Å². The molecule has 0 fully saturated rings. The van der Waals surface area contributed by atoms with Gasteiger partial charge in [0, 0.05) is 28.2 Å². The molecular weight excluding hydrogens is 409 g/mol. The Bertz CT molecular complexity index is 851. The number of alkyl halides is 3. The number of benzene rings is 1. The van der Waals surface area contributed by atoms with E-state index < -0.39 is 11.7 Å². The Morgan fingerprint density at radius 2 is 2.04 bits per heavy atom. The number of aromatic nitrogens is 2.